The van der Waals surface area contributed by atoms with E-state index in [1.807, 2.05) is 18.2 Å². The first-order valence-corrected chi connectivity index (χ1v) is 9.40. The van der Waals surface area contributed by atoms with Crippen molar-refractivity contribution in [1.82, 2.24) is 5.53 Å². The molecule has 0 heterocycles. The highest BCUT2D eigenvalue weighted by atomic mass is 79.9. The van der Waals surface area contributed by atoms with Crippen molar-refractivity contribution in [3.63, 3.8) is 0 Å². The van der Waals surface area contributed by atoms with Crippen molar-refractivity contribution in [3.8, 4) is 17.2 Å². The Balaban J connectivity index is 1.77. The Kier molecular flexibility index (Phi) is 8.09. The van der Waals surface area contributed by atoms with Crippen LogP contribution in [0.15, 0.2) is 46.0 Å². The number of hydrogen-bond acceptors (Lipinski definition) is 7. The molecule has 2 rings (SSSR count). The zero-order valence-electron chi connectivity index (χ0n) is 15.4. The fourth-order valence-corrected chi connectivity index (χ4v) is 2.86. The Morgan fingerprint density at radius 3 is 2.61 bits per heavy atom. The van der Waals surface area contributed by atoms with Crippen molar-refractivity contribution < 1.29 is 19.4 Å². The number of amidine groups is 1. The Hall–Kier alpha value is -2.78. The molecule has 0 aromatic heterocycles. The third kappa shape index (κ3) is 5.86. The second-order valence-corrected chi connectivity index (χ2v) is 6.68. The maximum Gasteiger partial charge on any atom is 0.163 e. The molecule has 2 aromatic rings. The van der Waals surface area contributed by atoms with Gasteiger partial charge >= 0.3 is 0 Å². The van der Waals surface area contributed by atoms with Gasteiger partial charge in [0.2, 0.25) is 0 Å². The zero-order chi connectivity index (χ0) is 20.5. The number of nitrogens with zero attached hydrogens (tertiary/aromatic N) is 1. The van der Waals surface area contributed by atoms with Gasteiger partial charge in [0, 0.05) is 5.56 Å². The number of phenols is 1. The number of nitrogens with two attached hydrogens (primary N) is 2. The summed E-state index contributed by atoms with van der Waals surface area (Å²) in [6, 6.07) is 10.4. The molecule has 0 amide bonds. The van der Waals surface area contributed by atoms with Crippen molar-refractivity contribution in [1.29, 1.82) is 0 Å². The van der Waals surface area contributed by atoms with E-state index in [1.54, 1.807) is 18.2 Å². The molecule has 2 aromatic carbocycles. The van der Waals surface area contributed by atoms with Crippen LogP contribution in [-0.2, 0) is 0 Å². The maximum atomic E-state index is 11.4. The van der Waals surface area contributed by atoms with Crippen LogP contribution in [0.2, 0.25) is 0 Å². The number of ether oxygens (including phenoxy) is 2. The molecule has 0 saturated carbocycles. The number of nitrogens with one attached hydrogen (secondary N) is 1. The molecule has 0 fully saturated rings. The van der Waals surface area contributed by atoms with Gasteiger partial charge in [-0.25, -0.2) is 11.4 Å². The van der Waals surface area contributed by atoms with E-state index in [9.17, 15) is 9.90 Å². The number of Topliss-reactive ketones (excluding diaryl/α,β-unsaturated/α-hetero) is 1. The minimum absolute atomic E-state index is 0.110. The van der Waals surface area contributed by atoms with Crippen molar-refractivity contribution in [2.75, 3.05) is 13.2 Å². The lowest BCUT2D eigenvalue weighted by molar-refractivity contribution is 0.101. The first kappa shape index (κ1) is 21.5. The number of hydrazone groups is 1. The zero-order valence-corrected chi connectivity index (χ0v) is 17.0. The number of hydrazine groups is 1. The van der Waals surface area contributed by atoms with Crippen LogP contribution < -0.4 is 26.6 Å². The fourth-order valence-electron chi connectivity index (χ4n) is 2.40. The van der Waals surface area contributed by atoms with E-state index in [-0.39, 0.29) is 22.9 Å². The average Bonchev–Trinajstić information content (AvgIpc) is 2.68. The van der Waals surface area contributed by atoms with Crippen molar-refractivity contribution >= 4 is 27.5 Å². The SMILES string of the molecule is CC(=O)c1ccc(OCCCCOc2cccc(/C(N)=N/NN)c2)c(Br)c1O. The summed E-state index contributed by atoms with van der Waals surface area (Å²) in [6.07, 6.45) is 1.52. The van der Waals surface area contributed by atoms with Crippen LogP contribution in [-0.4, -0.2) is 29.9 Å². The smallest absolute Gasteiger partial charge is 0.163 e. The molecule has 6 N–H and O–H groups in total. The van der Waals surface area contributed by atoms with Gasteiger partial charge in [0.15, 0.2) is 11.6 Å². The molecule has 8 nitrogen and oxygen atoms in total. The lowest BCUT2D eigenvalue weighted by Gasteiger charge is -2.11. The Morgan fingerprint density at radius 2 is 1.93 bits per heavy atom. The summed E-state index contributed by atoms with van der Waals surface area (Å²) in [7, 11) is 0. The van der Waals surface area contributed by atoms with Crippen LogP contribution in [0.3, 0.4) is 0 Å². The summed E-state index contributed by atoms with van der Waals surface area (Å²) in [4.78, 5) is 11.4. The molecule has 0 spiro atoms. The fraction of sp³-hybridized carbons (Fsp3) is 0.263. The van der Waals surface area contributed by atoms with E-state index in [4.69, 9.17) is 21.1 Å². The van der Waals surface area contributed by atoms with Gasteiger partial charge in [-0.1, -0.05) is 12.1 Å². The summed E-state index contributed by atoms with van der Waals surface area (Å²) in [5.74, 6) is 6.24. The number of benzene rings is 2. The van der Waals surface area contributed by atoms with Crippen LogP contribution in [0.4, 0.5) is 0 Å². The number of aromatic hydroxyl groups is 1. The molecular weight excluding hydrogens is 428 g/mol. The first-order valence-electron chi connectivity index (χ1n) is 8.61. The summed E-state index contributed by atoms with van der Waals surface area (Å²) >= 11 is 3.26. The van der Waals surface area contributed by atoms with E-state index in [2.05, 4.69) is 26.6 Å². The van der Waals surface area contributed by atoms with Crippen LogP contribution >= 0.6 is 15.9 Å². The molecule has 0 aliphatic heterocycles. The van der Waals surface area contributed by atoms with Gasteiger partial charge in [-0.2, -0.15) is 0 Å². The van der Waals surface area contributed by atoms with Gasteiger partial charge in [0.1, 0.15) is 21.7 Å². The number of rotatable bonds is 10. The molecule has 0 bridgehead atoms. The number of ketones is 1. The highest BCUT2D eigenvalue weighted by Gasteiger charge is 2.14. The largest absolute Gasteiger partial charge is 0.506 e. The minimum atomic E-state index is -0.210. The summed E-state index contributed by atoms with van der Waals surface area (Å²) in [5, 5.41) is 13.7. The predicted octanol–water partition coefficient (Wildman–Crippen LogP) is 2.68. The molecular formula is C19H23BrN4O4. The van der Waals surface area contributed by atoms with E-state index < -0.39 is 0 Å². The van der Waals surface area contributed by atoms with Crippen LogP contribution in [0.5, 0.6) is 17.2 Å². The first-order chi connectivity index (χ1) is 13.4. The second kappa shape index (κ2) is 10.5. The van der Waals surface area contributed by atoms with Gasteiger partial charge < -0.3 is 20.3 Å². The van der Waals surface area contributed by atoms with Gasteiger partial charge in [-0.15, -0.1) is 5.10 Å². The lowest BCUT2D eigenvalue weighted by atomic mass is 10.1. The normalized spacial score (nSPS) is 11.2. The molecule has 0 aliphatic rings. The van der Waals surface area contributed by atoms with E-state index >= 15 is 0 Å². The molecule has 0 aliphatic carbocycles. The van der Waals surface area contributed by atoms with Gasteiger partial charge in [0.05, 0.1) is 18.8 Å². The molecule has 0 saturated heterocycles. The van der Waals surface area contributed by atoms with Crippen LogP contribution in [0.25, 0.3) is 0 Å². The monoisotopic (exact) mass is 450 g/mol. The number of hydrogen-bond donors (Lipinski definition) is 4. The van der Waals surface area contributed by atoms with Crippen molar-refractivity contribution in [3.05, 3.63) is 52.0 Å². The standard InChI is InChI=1S/C19H23BrN4O4/c1-12(25)15-7-8-16(17(20)18(15)26)28-10-3-2-9-27-14-6-4-5-13(11-14)19(21)23-24-22/h4-8,11,24,26H,2-3,9-10,22H2,1H3,(H2,21,23). The molecule has 0 unspecified atom stereocenters. The Labute approximate surface area is 171 Å². The van der Waals surface area contributed by atoms with Crippen molar-refractivity contribution in [2.24, 2.45) is 16.7 Å². The summed E-state index contributed by atoms with van der Waals surface area (Å²) < 4.78 is 11.7. The van der Waals surface area contributed by atoms with Gasteiger partial charge in [0.25, 0.3) is 0 Å². The lowest BCUT2D eigenvalue weighted by Crippen LogP contribution is -2.23. The van der Waals surface area contributed by atoms with Crippen molar-refractivity contribution in [2.45, 2.75) is 19.8 Å². The highest BCUT2D eigenvalue weighted by molar-refractivity contribution is 9.10. The third-order valence-electron chi connectivity index (χ3n) is 3.84. The molecule has 28 heavy (non-hydrogen) atoms. The number of unbranched alkanes of at least 4 members (excludes halogenated alkanes) is 1. The maximum absolute atomic E-state index is 11.4. The van der Waals surface area contributed by atoms with E-state index in [0.29, 0.717) is 34.7 Å². The van der Waals surface area contributed by atoms with E-state index in [0.717, 1.165) is 12.8 Å². The molecule has 0 radical (unpaired) electrons. The van der Waals surface area contributed by atoms with Crippen LogP contribution in [0.1, 0.15) is 35.7 Å². The molecule has 9 heteroatoms. The number of halogens is 1. The summed E-state index contributed by atoms with van der Waals surface area (Å²) in [6.45, 7) is 2.35. The minimum Gasteiger partial charge on any atom is -0.506 e. The second-order valence-electron chi connectivity index (χ2n) is 5.89. The quantitative estimate of drug-likeness (QED) is 0.109. The average molecular weight is 451 g/mol. The summed E-state index contributed by atoms with van der Waals surface area (Å²) in [5.41, 5.74) is 8.88. The number of phenolic OH excluding ortho intramolecular Hbond substituents is 1. The van der Waals surface area contributed by atoms with E-state index in [1.165, 1.54) is 6.92 Å². The third-order valence-corrected chi connectivity index (χ3v) is 4.61. The van der Waals surface area contributed by atoms with Gasteiger partial charge in [-0.05, 0) is 60.0 Å². The van der Waals surface area contributed by atoms with Gasteiger partial charge in [-0.3, -0.25) is 4.79 Å². The predicted molar refractivity (Wildman–Crippen MR) is 111 cm³/mol. The van der Waals surface area contributed by atoms with Crippen LogP contribution in [0, 0.1) is 0 Å². The highest BCUT2D eigenvalue weighted by Crippen LogP contribution is 2.36. The number of carbonyl (C=O) groups is 1. The number of carbonyl (C=O) groups excluding carboxylic acids is 1. The topological polar surface area (TPSA) is 132 Å². The molecule has 0 atom stereocenters. The Bertz CT molecular complexity index is 858. The molecule has 150 valence electrons. The Morgan fingerprint density at radius 1 is 1.21 bits per heavy atom.